The zero-order valence-corrected chi connectivity index (χ0v) is 10.3. The maximum absolute atomic E-state index is 9.37. The summed E-state index contributed by atoms with van der Waals surface area (Å²) in [5.41, 5.74) is 2.04. The fraction of sp³-hybridized carbons (Fsp3) is 0.615. The van der Waals surface area contributed by atoms with Crippen LogP contribution in [-0.4, -0.2) is 29.8 Å². The van der Waals surface area contributed by atoms with Crippen molar-refractivity contribution in [1.82, 2.24) is 4.98 Å². The minimum Gasteiger partial charge on any atom is -0.396 e. The number of nitrogens with zero attached hydrogens (tertiary/aromatic N) is 1. The van der Waals surface area contributed by atoms with Gasteiger partial charge in [0.1, 0.15) is 0 Å². The van der Waals surface area contributed by atoms with E-state index in [9.17, 15) is 5.11 Å². The van der Waals surface area contributed by atoms with Crippen LogP contribution in [0.15, 0.2) is 18.5 Å². The molecule has 0 bridgehead atoms. The predicted octanol–water partition coefficient (Wildman–Crippen LogP) is 2.09. The second kappa shape index (κ2) is 5.87. The van der Waals surface area contributed by atoms with Crippen LogP contribution in [0, 0.1) is 5.92 Å². The molecule has 1 aliphatic carbocycles. The van der Waals surface area contributed by atoms with Gasteiger partial charge in [0.2, 0.25) is 0 Å². The van der Waals surface area contributed by atoms with E-state index >= 15 is 0 Å². The molecule has 4 heteroatoms. The Morgan fingerprint density at radius 2 is 2.06 bits per heavy atom. The van der Waals surface area contributed by atoms with Gasteiger partial charge < -0.3 is 15.7 Å². The molecular weight excluding hydrogens is 214 g/mol. The molecule has 0 aliphatic heterocycles. The molecule has 0 saturated heterocycles. The van der Waals surface area contributed by atoms with Gasteiger partial charge in [-0.25, -0.2) is 0 Å². The van der Waals surface area contributed by atoms with E-state index in [1.54, 1.807) is 6.20 Å². The van der Waals surface area contributed by atoms with Crippen molar-refractivity contribution < 1.29 is 5.11 Å². The molecule has 1 fully saturated rings. The molecule has 1 aliphatic rings. The molecule has 1 aromatic heterocycles. The first-order valence-electron chi connectivity index (χ1n) is 6.33. The summed E-state index contributed by atoms with van der Waals surface area (Å²) in [7, 11) is 1.89. The number of pyridine rings is 1. The molecule has 1 saturated carbocycles. The summed E-state index contributed by atoms with van der Waals surface area (Å²) in [5, 5.41) is 15.9. The second-order valence-corrected chi connectivity index (χ2v) is 4.69. The summed E-state index contributed by atoms with van der Waals surface area (Å²) in [5.74, 6) is 0.377. The molecule has 1 heterocycles. The van der Waals surface area contributed by atoms with Gasteiger partial charge in [-0.1, -0.05) is 12.8 Å². The maximum Gasteiger partial charge on any atom is 0.0549 e. The Morgan fingerprint density at radius 3 is 2.82 bits per heavy atom. The lowest BCUT2D eigenvalue weighted by Crippen LogP contribution is -2.34. The summed E-state index contributed by atoms with van der Waals surface area (Å²) in [6.07, 6.45) is 8.37. The number of aromatic nitrogens is 1. The third-order valence-electron chi connectivity index (χ3n) is 3.52. The zero-order chi connectivity index (χ0) is 12.1. The Balaban J connectivity index is 2.02. The van der Waals surface area contributed by atoms with Crippen LogP contribution in [0.5, 0.6) is 0 Å². The number of nitrogens with one attached hydrogen (secondary N) is 2. The van der Waals surface area contributed by atoms with E-state index in [1.165, 1.54) is 12.8 Å². The van der Waals surface area contributed by atoms with Crippen LogP contribution in [0.3, 0.4) is 0 Å². The van der Waals surface area contributed by atoms with Gasteiger partial charge in [0.25, 0.3) is 0 Å². The summed E-state index contributed by atoms with van der Waals surface area (Å²) in [6, 6.07) is 2.43. The van der Waals surface area contributed by atoms with E-state index in [1.807, 2.05) is 13.2 Å². The minimum atomic E-state index is 0.275. The van der Waals surface area contributed by atoms with Gasteiger partial charge in [0, 0.05) is 25.6 Å². The molecule has 0 radical (unpaired) electrons. The van der Waals surface area contributed by atoms with Crippen LogP contribution in [0.25, 0.3) is 0 Å². The molecule has 0 aromatic carbocycles. The second-order valence-electron chi connectivity index (χ2n) is 4.69. The quantitative estimate of drug-likeness (QED) is 0.748. The highest BCUT2D eigenvalue weighted by atomic mass is 16.3. The fourth-order valence-corrected chi connectivity index (χ4v) is 2.49. The highest BCUT2D eigenvalue weighted by molar-refractivity contribution is 5.54. The summed E-state index contributed by atoms with van der Waals surface area (Å²) in [4.78, 5) is 4.18. The first-order valence-corrected chi connectivity index (χ1v) is 6.33. The smallest absolute Gasteiger partial charge is 0.0549 e. The monoisotopic (exact) mass is 235 g/mol. The van der Waals surface area contributed by atoms with Gasteiger partial charge in [0.05, 0.1) is 23.8 Å². The number of anilines is 2. The Kier molecular flexibility index (Phi) is 4.20. The van der Waals surface area contributed by atoms with Crippen LogP contribution < -0.4 is 10.6 Å². The largest absolute Gasteiger partial charge is 0.396 e. The van der Waals surface area contributed by atoms with Crippen molar-refractivity contribution in [3.8, 4) is 0 Å². The van der Waals surface area contributed by atoms with Crippen LogP contribution in [0.1, 0.15) is 25.7 Å². The van der Waals surface area contributed by atoms with Gasteiger partial charge in [-0.2, -0.15) is 0 Å². The molecule has 0 spiro atoms. The molecule has 3 N–H and O–H groups in total. The molecule has 17 heavy (non-hydrogen) atoms. The van der Waals surface area contributed by atoms with E-state index in [-0.39, 0.29) is 6.61 Å². The van der Waals surface area contributed by atoms with Crippen LogP contribution in [0.2, 0.25) is 0 Å². The molecular formula is C13H21N3O. The lowest BCUT2D eigenvalue weighted by atomic mass is 9.85. The molecule has 94 valence electrons. The van der Waals surface area contributed by atoms with Gasteiger partial charge in [-0.3, -0.25) is 4.98 Å². The van der Waals surface area contributed by atoms with Crippen molar-refractivity contribution in [3.05, 3.63) is 18.5 Å². The number of hydrogen-bond acceptors (Lipinski definition) is 4. The van der Waals surface area contributed by atoms with Crippen molar-refractivity contribution in [2.24, 2.45) is 5.92 Å². The van der Waals surface area contributed by atoms with Crippen molar-refractivity contribution in [2.75, 3.05) is 24.3 Å². The average Bonchev–Trinajstić information content (AvgIpc) is 2.39. The average molecular weight is 235 g/mol. The minimum absolute atomic E-state index is 0.275. The fourth-order valence-electron chi connectivity index (χ4n) is 2.49. The molecule has 1 aromatic rings. The first kappa shape index (κ1) is 12.2. The molecule has 0 amide bonds. The van der Waals surface area contributed by atoms with Crippen LogP contribution in [-0.2, 0) is 0 Å². The van der Waals surface area contributed by atoms with Gasteiger partial charge in [-0.05, 0) is 18.9 Å². The standard InChI is InChI=1S/C13H21N3O/c1-14-11-6-12(8-15-7-11)16-13-5-3-2-4-10(13)9-17/h6-8,10,13-14,16-17H,2-5,9H2,1H3. The number of aliphatic hydroxyl groups excluding tert-OH is 1. The van der Waals surface area contributed by atoms with Gasteiger partial charge in [-0.15, -0.1) is 0 Å². The van der Waals surface area contributed by atoms with E-state index in [2.05, 4.69) is 21.7 Å². The van der Waals surface area contributed by atoms with Crippen molar-refractivity contribution in [3.63, 3.8) is 0 Å². The summed E-state index contributed by atoms with van der Waals surface area (Å²) >= 11 is 0. The number of aliphatic hydroxyl groups is 1. The Morgan fingerprint density at radius 1 is 1.29 bits per heavy atom. The highest BCUT2D eigenvalue weighted by Crippen LogP contribution is 2.27. The topological polar surface area (TPSA) is 57.2 Å². The van der Waals surface area contributed by atoms with E-state index in [0.717, 1.165) is 24.2 Å². The van der Waals surface area contributed by atoms with Crippen molar-refractivity contribution in [1.29, 1.82) is 0 Å². The summed E-state index contributed by atoms with van der Waals surface area (Å²) in [6.45, 7) is 0.275. The molecule has 2 unspecified atom stereocenters. The molecule has 2 rings (SSSR count). The van der Waals surface area contributed by atoms with Crippen LogP contribution >= 0.6 is 0 Å². The zero-order valence-electron chi connectivity index (χ0n) is 10.3. The Bertz CT molecular complexity index is 356. The first-order chi connectivity index (χ1) is 8.33. The van der Waals surface area contributed by atoms with Gasteiger partial charge in [0.15, 0.2) is 0 Å². The predicted molar refractivity (Wildman–Crippen MR) is 70.2 cm³/mol. The molecule has 4 nitrogen and oxygen atoms in total. The lowest BCUT2D eigenvalue weighted by Gasteiger charge is -2.31. The Labute approximate surface area is 102 Å². The van der Waals surface area contributed by atoms with E-state index in [4.69, 9.17) is 0 Å². The maximum atomic E-state index is 9.37. The highest BCUT2D eigenvalue weighted by Gasteiger charge is 2.24. The van der Waals surface area contributed by atoms with Crippen molar-refractivity contribution >= 4 is 11.4 Å². The van der Waals surface area contributed by atoms with E-state index in [0.29, 0.717) is 12.0 Å². The number of rotatable bonds is 4. The van der Waals surface area contributed by atoms with E-state index < -0.39 is 0 Å². The SMILES string of the molecule is CNc1cncc(NC2CCCCC2CO)c1. The Hall–Kier alpha value is -1.29. The van der Waals surface area contributed by atoms with Gasteiger partial charge >= 0.3 is 0 Å². The normalized spacial score (nSPS) is 24.4. The molecule has 2 atom stereocenters. The van der Waals surface area contributed by atoms with Crippen LogP contribution in [0.4, 0.5) is 11.4 Å². The lowest BCUT2D eigenvalue weighted by molar-refractivity contribution is 0.178. The van der Waals surface area contributed by atoms with Crippen molar-refractivity contribution in [2.45, 2.75) is 31.7 Å². The third-order valence-corrected chi connectivity index (χ3v) is 3.52. The number of hydrogen-bond donors (Lipinski definition) is 3. The summed E-state index contributed by atoms with van der Waals surface area (Å²) < 4.78 is 0. The third kappa shape index (κ3) is 3.09.